The molecular formula is C12H18S2. The third-order valence-electron chi connectivity index (χ3n) is 3.35. The average molecular weight is 226 g/mol. The summed E-state index contributed by atoms with van der Waals surface area (Å²) in [6, 6.07) is 0. The summed E-state index contributed by atoms with van der Waals surface area (Å²) in [5.41, 5.74) is 3.23. The molecule has 1 saturated heterocycles. The smallest absolute Gasteiger partial charge is 0.00550 e. The average Bonchev–Trinajstić information content (AvgIpc) is 2.60. The van der Waals surface area contributed by atoms with Crippen LogP contribution < -0.4 is 0 Å². The zero-order chi connectivity index (χ0) is 10.3. The second kappa shape index (κ2) is 3.90. The van der Waals surface area contributed by atoms with Crippen LogP contribution in [0.3, 0.4) is 0 Å². The van der Waals surface area contributed by atoms with Crippen molar-refractivity contribution in [3.63, 3.8) is 0 Å². The first-order valence-electron chi connectivity index (χ1n) is 5.25. The number of hydrogen-bond acceptors (Lipinski definition) is 2. The van der Waals surface area contributed by atoms with Gasteiger partial charge in [-0.05, 0) is 49.5 Å². The van der Waals surface area contributed by atoms with E-state index < -0.39 is 0 Å². The SMILES string of the molecule is Cc1sc(C)c(C2CSC[C@H]2C)c1C. The van der Waals surface area contributed by atoms with Gasteiger partial charge in [-0.25, -0.2) is 0 Å². The first-order chi connectivity index (χ1) is 6.61. The Bertz CT molecular complexity index is 338. The lowest BCUT2D eigenvalue weighted by Crippen LogP contribution is -2.08. The Morgan fingerprint density at radius 1 is 1.07 bits per heavy atom. The lowest BCUT2D eigenvalue weighted by molar-refractivity contribution is 0.571. The van der Waals surface area contributed by atoms with Gasteiger partial charge in [0.05, 0.1) is 0 Å². The van der Waals surface area contributed by atoms with E-state index in [9.17, 15) is 0 Å². The zero-order valence-corrected chi connectivity index (χ0v) is 11.0. The number of thiophene rings is 1. The molecule has 0 aliphatic carbocycles. The molecular weight excluding hydrogens is 208 g/mol. The predicted molar refractivity (Wildman–Crippen MR) is 67.8 cm³/mol. The second-order valence-corrected chi connectivity index (χ2v) is 6.88. The molecule has 2 heterocycles. The van der Waals surface area contributed by atoms with Crippen molar-refractivity contribution < 1.29 is 0 Å². The quantitative estimate of drug-likeness (QED) is 0.693. The summed E-state index contributed by atoms with van der Waals surface area (Å²) < 4.78 is 0. The minimum absolute atomic E-state index is 0.824. The summed E-state index contributed by atoms with van der Waals surface area (Å²) in [6.45, 7) is 9.24. The van der Waals surface area contributed by atoms with Gasteiger partial charge in [-0.2, -0.15) is 11.8 Å². The Labute approximate surface area is 95.1 Å². The van der Waals surface area contributed by atoms with Crippen LogP contribution in [0.15, 0.2) is 0 Å². The third-order valence-corrected chi connectivity index (χ3v) is 5.85. The summed E-state index contributed by atoms with van der Waals surface area (Å²) in [7, 11) is 0. The van der Waals surface area contributed by atoms with Crippen LogP contribution in [-0.4, -0.2) is 11.5 Å². The van der Waals surface area contributed by atoms with Gasteiger partial charge in [-0.15, -0.1) is 11.3 Å². The van der Waals surface area contributed by atoms with Gasteiger partial charge in [0.25, 0.3) is 0 Å². The van der Waals surface area contributed by atoms with Crippen molar-refractivity contribution in [3.05, 3.63) is 20.9 Å². The minimum atomic E-state index is 0.824. The Morgan fingerprint density at radius 2 is 1.79 bits per heavy atom. The molecule has 1 aromatic heterocycles. The van der Waals surface area contributed by atoms with Crippen LogP contribution in [-0.2, 0) is 0 Å². The lowest BCUT2D eigenvalue weighted by atomic mass is 9.88. The molecule has 1 unspecified atom stereocenters. The summed E-state index contributed by atoms with van der Waals surface area (Å²) in [6.07, 6.45) is 0. The largest absolute Gasteiger partial charge is 0.161 e. The highest BCUT2D eigenvalue weighted by Crippen LogP contribution is 2.42. The van der Waals surface area contributed by atoms with E-state index in [-0.39, 0.29) is 0 Å². The van der Waals surface area contributed by atoms with E-state index in [1.165, 1.54) is 16.4 Å². The molecule has 78 valence electrons. The van der Waals surface area contributed by atoms with E-state index in [2.05, 4.69) is 39.5 Å². The van der Waals surface area contributed by atoms with Gasteiger partial charge in [-0.1, -0.05) is 6.92 Å². The third kappa shape index (κ3) is 1.63. The Kier molecular flexibility index (Phi) is 2.94. The summed E-state index contributed by atoms with van der Waals surface area (Å²) in [5.74, 6) is 4.37. The number of hydrogen-bond donors (Lipinski definition) is 0. The molecule has 2 heteroatoms. The lowest BCUT2D eigenvalue weighted by Gasteiger charge is -2.16. The highest BCUT2D eigenvalue weighted by atomic mass is 32.2. The Balaban J connectivity index is 2.39. The van der Waals surface area contributed by atoms with Crippen molar-refractivity contribution in [2.24, 2.45) is 5.92 Å². The highest BCUT2D eigenvalue weighted by molar-refractivity contribution is 7.99. The van der Waals surface area contributed by atoms with Crippen LogP contribution in [0.2, 0.25) is 0 Å². The van der Waals surface area contributed by atoms with Crippen molar-refractivity contribution in [3.8, 4) is 0 Å². The fourth-order valence-electron chi connectivity index (χ4n) is 2.38. The maximum atomic E-state index is 2.40. The predicted octanol–water partition coefficient (Wildman–Crippen LogP) is 4.14. The molecule has 2 rings (SSSR count). The maximum Gasteiger partial charge on any atom is 0.00550 e. The number of aryl methyl sites for hydroxylation is 2. The molecule has 0 N–H and O–H groups in total. The highest BCUT2D eigenvalue weighted by Gasteiger charge is 2.29. The van der Waals surface area contributed by atoms with Crippen LogP contribution >= 0.6 is 23.1 Å². The first-order valence-corrected chi connectivity index (χ1v) is 7.22. The second-order valence-electron chi connectivity index (χ2n) is 4.37. The zero-order valence-electron chi connectivity index (χ0n) is 9.39. The van der Waals surface area contributed by atoms with Crippen LogP contribution in [0.1, 0.15) is 33.7 Å². The van der Waals surface area contributed by atoms with Crippen LogP contribution in [0.5, 0.6) is 0 Å². The topological polar surface area (TPSA) is 0 Å². The molecule has 14 heavy (non-hydrogen) atoms. The van der Waals surface area contributed by atoms with Gasteiger partial charge in [0, 0.05) is 15.5 Å². The number of rotatable bonds is 1. The minimum Gasteiger partial charge on any atom is -0.161 e. The van der Waals surface area contributed by atoms with Gasteiger partial charge in [0.15, 0.2) is 0 Å². The van der Waals surface area contributed by atoms with E-state index in [4.69, 9.17) is 0 Å². The molecule has 1 fully saturated rings. The fraction of sp³-hybridized carbons (Fsp3) is 0.667. The summed E-state index contributed by atoms with van der Waals surface area (Å²) in [4.78, 5) is 3.07. The molecule has 0 radical (unpaired) electrons. The molecule has 0 spiro atoms. The molecule has 0 aromatic carbocycles. The van der Waals surface area contributed by atoms with E-state index in [0.717, 1.165) is 11.8 Å². The molecule has 0 nitrogen and oxygen atoms in total. The number of thioether (sulfide) groups is 1. The standard InChI is InChI=1S/C12H18S2/c1-7-5-13-6-11(7)12-8(2)9(3)14-10(12)4/h7,11H,5-6H2,1-4H3/t7-,11?/m1/s1. The van der Waals surface area contributed by atoms with Gasteiger partial charge in [0.2, 0.25) is 0 Å². The van der Waals surface area contributed by atoms with Crippen LogP contribution in [0.4, 0.5) is 0 Å². The molecule has 1 aliphatic heterocycles. The fourth-order valence-corrected chi connectivity index (χ4v) is 5.01. The van der Waals surface area contributed by atoms with E-state index >= 15 is 0 Å². The molecule has 0 saturated carbocycles. The van der Waals surface area contributed by atoms with Gasteiger partial charge in [-0.3, -0.25) is 0 Å². The van der Waals surface area contributed by atoms with Crippen molar-refractivity contribution in [2.75, 3.05) is 11.5 Å². The summed E-state index contributed by atoms with van der Waals surface area (Å²) >= 11 is 4.09. The van der Waals surface area contributed by atoms with E-state index in [1.54, 1.807) is 16.0 Å². The normalized spacial score (nSPS) is 27.1. The van der Waals surface area contributed by atoms with Gasteiger partial charge >= 0.3 is 0 Å². The van der Waals surface area contributed by atoms with Crippen molar-refractivity contribution in [1.29, 1.82) is 0 Å². The van der Waals surface area contributed by atoms with Crippen LogP contribution in [0.25, 0.3) is 0 Å². The molecule has 0 bridgehead atoms. The Morgan fingerprint density at radius 3 is 2.21 bits per heavy atom. The first kappa shape index (κ1) is 10.6. The molecule has 0 amide bonds. The monoisotopic (exact) mass is 226 g/mol. The Hall–Kier alpha value is 0.0500. The van der Waals surface area contributed by atoms with Crippen LogP contribution in [0, 0.1) is 26.7 Å². The molecule has 1 aliphatic rings. The van der Waals surface area contributed by atoms with Crippen molar-refractivity contribution in [2.45, 2.75) is 33.6 Å². The van der Waals surface area contributed by atoms with E-state index in [1.807, 2.05) is 11.3 Å². The van der Waals surface area contributed by atoms with Crippen molar-refractivity contribution in [1.82, 2.24) is 0 Å². The van der Waals surface area contributed by atoms with E-state index in [0.29, 0.717) is 0 Å². The molecule has 2 atom stereocenters. The van der Waals surface area contributed by atoms with Gasteiger partial charge < -0.3 is 0 Å². The molecule has 1 aromatic rings. The summed E-state index contributed by atoms with van der Waals surface area (Å²) in [5, 5.41) is 0. The van der Waals surface area contributed by atoms with Gasteiger partial charge in [0.1, 0.15) is 0 Å². The maximum absolute atomic E-state index is 2.40. The van der Waals surface area contributed by atoms with Crippen molar-refractivity contribution >= 4 is 23.1 Å².